The Morgan fingerprint density at radius 1 is 1.06 bits per heavy atom. The lowest BCUT2D eigenvalue weighted by molar-refractivity contribution is 0.355. The van der Waals surface area contributed by atoms with E-state index in [0.717, 1.165) is 22.8 Å². The number of H-pyrrole nitrogens is 1. The quantitative estimate of drug-likeness (QED) is 0.851. The van der Waals surface area contributed by atoms with Crippen LogP contribution in [0.5, 0.6) is 11.5 Å². The molecular weight excluding hydrogens is 216 g/mol. The molecule has 0 fully saturated rings. The summed E-state index contributed by atoms with van der Waals surface area (Å²) in [5.41, 5.74) is 3.11. The highest BCUT2D eigenvalue weighted by atomic mass is 16.5. The van der Waals surface area contributed by atoms with Crippen molar-refractivity contribution in [1.29, 1.82) is 0 Å². The summed E-state index contributed by atoms with van der Waals surface area (Å²) in [6.45, 7) is 2.02. The molecule has 0 spiro atoms. The first-order chi connectivity index (χ1) is 8.24. The van der Waals surface area contributed by atoms with E-state index in [-0.39, 0.29) is 0 Å². The van der Waals surface area contributed by atoms with Gasteiger partial charge in [0.25, 0.3) is 0 Å². The van der Waals surface area contributed by atoms with Crippen molar-refractivity contribution in [2.75, 3.05) is 19.5 Å². The minimum absolute atomic E-state index is 0.714. The van der Waals surface area contributed by atoms with Gasteiger partial charge in [0.1, 0.15) is 0 Å². The summed E-state index contributed by atoms with van der Waals surface area (Å²) in [5.74, 6) is 1.44. The third-order valence-electron chi connectivity index (χ3n) is 2.62. The fourth-order valence-electron chi connectivity index (χ4n) is 1.66. The van der Waals surface area contributed by atoms with Crippen LogP contribution in [0.1, 0.15) is 5.69 Å². The van der Waals surface area contributed by atoms with E-state index >= 15 is 0 Å². The lowest BCUT2D eigenvalue weighted by Gasteiger charge is -2.11. The monoisotopic (exact) mass is 232 g/mol. The van der Waals surface area contributed by atoms with Crippen LogP contribution in [0.25, 0.3) is 0 Å². The lowest BCUT2D eigenvalue weighted by atomic mass is 10.2. The van der Waals surface area contributed by atoms with Gasteiger partial charge in [-0.1, -0.05) is 0 Å². The largest absolute Gasteiger partial charge is 0.493 e. The number of aryl methyl sites for hydroxylation is 1. The highest BCUT2D eigenvalue weighted by Crippen LogP contribution is 2.31. The van der Waals surface area contributed by atoms with Gasteiger partial charge in [-0.3, -0.25) is 0 Å². The SMILES string of the molecule is COc1ccc(Nc2cc[nH]c2C)cc1OC. The van der Waals surface area contributed by atoms with Gasteiger partial charge in [-0.2, -0.15) is 0 Å². The molecule has 4 heteroatoms. The minimum atomic E-state index is 0.714. The number of hydrogen-bond acceptors (Lipinski definition) is 3. The smallest absolute Gasteiger partial charge is 0.162 e. The van der Waals surface area contributed by atoms with Crippen molar-refractivity contribution in [2.45, 2.75) is 6.92 Å². The molecule has 0 saturated carbocycles. The first kappa shape index (κ1) is 11.4. The summed E-state index contributed by atoms with van der Waals surface area (Å²) in [6, 6.07) is 7.73. The summed E-state index contributed by atoms with van der Waals surface area (Å²) in [5, 5.41) is 3.31. The van der Waals surface area contributed by atoms with Crippen molar-refractivity contribution in [3.8, 4) is 11.5 Å². The first-order valence-electron chi connectivity index (χ1n) is 5.37. The van der Waals surface area contributed by atoms with Gasteiger partial charge in [0, 0.05) is 23.6 Å². The molecule has 0 aliphatic rings. The van der Waals surface area contributed by atoms with Crippen molar-refractivity contribution in [3.63, 3.8) is 0 Å². The van der Waals surface area contributed by atoms with E-state index in [0.29, 0.717) is 5.75 Å². The van der Waals surface area contributed by atoms with E-state index in [1.807, 2.05) is 37.4 Å². The van der Waals surface area contributed by atoms with E-state index in [2.05, 4.69) is 10.3 Å². The Balaban J connectivity index is 2.25. The van der Waals surface area contributed by atoms with Crippen molar-refractivity contribution in [2.24, 2.45) is 0 Å². The highest BCUT2D eigenvalue weighted by Gasteiger charge is 2.05. The van der Waals surface area contributed by atoms with E-state index in [1.165, 1.54) is 0 Å². The Labute approximate surface area is 101 Å². The molecule has 90 valence electrons. The standard InChI is InChI=1S/C13H16N2O2/c1-9-11(6-7-14-9)15-10-4-5-12(16-2)13(8-10)17-3/h4-8,14-15H,1-3H3. The highest BCUT2D eigenvalue weighted by molar-refractivity contribution is 5.65. The van der Waals surface area contributed by atoms with Crippen molar-refractivity contribution < 1.29 is 9.47 Å². The topological polar surface area (TPSA) is 46.3 Å². The normalized spacial score (nSPS) is 10.1. The molecule has 1 aromatic carbocycles. The van der Waals surface area contributed by atoms with Gasteiger partial charge in [-0.25, -0.2) is 0 Å². The van der Waals surface area contributed by atoms with Crippen LogP contribution in [-0.4, -0.2) is 19.2 Å². The van der Waals surface area contributed by atoms with Gasteiger partial charge in [-0.15, -0.1) is 0 Å². The molecule has 2 aromatic rings. The maximum atomic E-state index is 5.25. The van der Waals surface area contributed by atoms with E-state index in [9.17, 15) is 0 Å². The number of ether oxygens (including phenoxy) is 2. The average Bonchev–Trinajstić information content (AvgIpc) is 2.75. The Bertz CT molecular complexity index is 506. The molecule has 2 rings (SSSR count). The molecule has 0 unspecified atom stereocenters. The number of nitrogens with one attached hydrogen (secondary N) is 2. The Morgan fingerprint density at radius 2 is 1.82 bits per heavy atom. The van der Waals surface area contributed by atoms with Crippen LogP contribution >= 0.6 is 0 Å². The Hall–Kier alpha value is -2.10. The van der Waals surface area contributed by atoms with Gasteiger partial charge in [0.15, 0.2) is 11.5 Å². The summed E-state index contributed by atoms with van der Waals surface area (Å²) < 4.78 is 10.4. The maximum Gasteiger partial charge on any atom is 0.162 e. The predicted octanol–water partition coefficient (Wildman–Crippen LogP) is 3.08. The van der Waals surface area contributed by atoms with E-state index in [1.54, 1.807) is 14.2 Å². The van der Waals surface area contributed by atoms with Crippen LogP contribution in [0.2, 0.25) is 0 Å². The van der Waals surface area contributed by atoms with Crippen LogP contribution in [0, 0.1) is 6.92 Å². The second-order valence-corrected chi connectivity index (χ2v) is 3.71. The zero-order valence-corrected chi connectivity index (χ0v) is 10.2. The van der Waals surface area contributed by atoms with Gasteiger partial charge in [0.2, 0.25) is 0 Å². The third-order valence-corrected chi connectivity index (χ3v) is 2.62. The molecule has 2 N–H and O–H groups in total. The average molecular weight is 232 g/mol. The molecule has 0 atom stereocenters. The van der Waals surface area contributed by atoms with E-state index in [4.69, 9.17) is 9.47 Å². The van der Waals surface area contributed by atoms with Crippen LogP contribution in [-0.2, 0) is 0 Å². The van der Waals surface area contributed by atoms with Gasteiger partial charge in [0.05, 0.1) is 19.9 Å². The number of hydrogen-bond donors (Lipinski definition) is 2. The summed E-state index contributed by atoms with van der Waals surface area (Å²) in [7, 11) is 3.25. The second kappa shape index (κ2) is 4.82. The van der Waals surface area contributed by atoms with Crippen molar-refractivity contribution in [3.05, 3.63) is 36.2 Å². The predicted molar refractivity (Wildman–Crippen MR) is 68.4 cm³/mol. The maximum absolute atomic E-state index is 5.25. The van der Waals surface area contributed by atoms with Gasteiger partial charge < -0.3 is 19.8 Å². The second-order valence-electron chi connectivity index (χ2n) is 3.71. The molecule has 0 aliphatic heterocycles. The van der Waals surface area contributed by atoms with Gasteiger partial charge in [-0.05, 0) is 25.1 Å². The minimum Gasteiger partial charge on any atom is -0.493 e. The summed E-state index contributed by atoms with van der Waals surface area (Å²) in [4.78, 5) is 3.12. The zero-order valence-electron chi connectivity index (χ0n) is 10.2. The Morgan fingerprint density at radius 3 is 2.41 bits per heavy atom. The first-order valence-corrected chi connectivity index (χ1v) is 5.37. The number of methoxy groups -OCH3 is 2. The molecule has 0 amide bonds. The van der Waals surface area contributed by atoms with Crippen LogP contribution in [0.15, 0.2) is 30.5 Å². The molecule has 4 nitrogen and oxygen atoms in total. The number of anilines is 2. The van der Waals surface area contributed by atoms with Crippen molar-refractivity contribution in [1.82, 2.24) is 4.98 Å². The van der Waals surface area contributed by atoms with Crippen LogP contribution in [0.4, 0.5) is 11.4 Å². The molecule has 0 saturated heterocycles. The van der Waals surface area contributed by atoms with E-state index < -0.39 is 0 Å². The third kappa shape index (κ3) is 2.36. The summed E-state index contributed by atoms with van der Waals surface area (Å²) in [6.07, 6.45) is 1.90. The lowest BCUT2D eigenvalue weighted by Crippen LogP contribution is -1.94. The molecule has 0 radical (unpaired) electrons. The molecule has 0 aliphatic carbocycles. The number of benzene rings is 1. The fourth-order valence-corrected chi connectivity index (χ4v) is 1.66. The van der Waals surface area contributed by atoms with Gasteiger partial charge >= 0.3 is 0 Å². The molecule has 1 heterocycles. The molecule has 0 bridgehead atoms. The van der Waals surface area contributed by atoms with Crippen molar-refractivity contribution >= 4 is 11.4 Å². The fraction of sp³-hybridized carbons (Fsp3) is 0.231. The molecular formula is C13H16N2O2. The Kier molecular flexibility index (Phi) is 3.23. The zero-order chi connectivity index (χ0) is 12.3. The van der Waals surface area contributed by atoms with Crippen LogP contribution < -0.4 is 14.8 Å². The summed E-state index contributed by atoms with van der Waals surface area (Å²) >= 11 is 0. The number of aromatic amines is 1. The molecule has 1 aromatic heterocycles. The number of rotatable bonds is 4. The molecule has 17 heavy (non-hydrogen) atoms. The number of aromatic nitrogens is 1. The van der Waals surface area contributed by atoms with Crippen LogP contribution in [0.3, 0.4) is 0 Å².